The summed E-state index contributed by atoms with van der Waals surface area (Å²) in [5, 5.41) is 0. The van der Waals surface area contributed by atoms with Crippen LogP contribution in [0, 0.1) is 5.82 Å². The van der Waals surface area contributed by atoms with Gasteiger partial charge in [-0.1, -0.05) is 25.1 Å². The molecule has 2 aliphatic heterocycles. The molecule has 0 aromatic heterocycles. The molecule has 1 saturated heterocycles. The summed E-state index contributed by atoms with van der Waals surface area (Å²) < 4.78 is 19.4. The molecule has 0 bridgehead atoms. The minimum absolute atomic E-state index is 0.245. The largest absolute Gasteiger partial charge is 0.494 e. The van der Waals surface area contributed by atoms with Crippen molar-refractivity contribution in [2.45, 2.75) is 26.2 Å². The van der Waals surface area contributed by atoms with E-state index in [0.717, 1.165) is 43.0 Å². The fraction of sp³-hybridized carbons (Fsp3) is 0.304. The first kappa shape index (κ1) is 19.2. The molecule has 4 rings (SSSR count). The molecule has 0 unspecified atom stereocenters. The van der Waals surface area contributed by atoms with E-state index >= 15 is 0 Å². The minimum Gasteiger partial charge on any atom is -0.494 e. The van der Waals surface area contributed by atoms with Gasteiger partial charge in [-0.05, 0) is 55.2 Å². The van der Waals surface area contributed by atoms with Crippen molar-refractivity contribution < 1.29 is 18.7 Å². The third kappa shape index (κ3) is 3.62. The number of hydrogen-bond donors (Lipinski definition) is 0. The lowest BCUT2D eigenvalue weighted by atomic mass is 10.0. The molecule has 0 atom stereocenters. The van der Waals surface area contributed by atoms with Crippen LogP contribution < -0.4 is 9.64 Å². The summed E-state index contributed by atoms with van der Waals surface area (Å²) in [6.07, 6.45) is 2.85. The summed E-state index contributed by atoms with van der Waals surface area (Å²) in [5.41, 5.74) is 1.67. The average Bonchev–Trinajstić information content (AvgIpc) is 3.33. The van der Waals surface area contributed by atoms with Gasteiger partial charge in [-0.15, -0.1) is 0 Å². The van der Waals surface area contributed by atoms with Gasteiger partial charge in [-0.3, -0.25) is 9.59 Å². The van der Waals surface area contributed by atoms with Crippen molar-refractivity contribution in [2.75, 3.05) is 24.6 Å². The molecular weight excluding hydrogens is 371 g/mol. The summed E-state index contributed by atoms with van der Waals surface area (Å²) in [6.45, 7) is 4.11. The van der Waals surface area contributed by atoms with Gasteiger partial charge in [0.05, 0.1) is 17.9 Å². The summed E-state index contributed by atoms with van der Waals surface area (Å²) >= 11 is 0. The zero-order chi connectivity index (χ0) is 20.4. The number of hydrogen-bond acceptors (Lipinski definition) is 4. The molecule has 2 aliphatic rings. The highest BCUT2D eigenvalue weighted by Gasteiger charge is 2.43. The summed E-state index contributed by atoms with van der Waals surface area (Å²) in [7, 11) is 0. The van der Waals surface area contributed by atoms with Crippen LogP contribution in [0.5, 0.6) is 5.75 Å². The molecule has 2 amide bonds. The smallest absolute Gasteiger partial charge is 0.282 e. The van der Waals surface area contributed by atoms with Crippen molar-refractivity contribution in [1.82, 2.24) is 4.90 Å². The maximum absolute atomic E-state index is 13.8. The van der Waals surface area contributed by atoms with Crippen molar-refractivity contribution in [1.29, 1.82) is 0 Å². The van der Waals surface area contributed by atoms with Crippen molar-refractivity contribution in [2.24, 2.45) is 0 Å². The quantitative estimate of drug-likeness (QED) is 0.695. The third-order valence-electron chi connectivity index (χ3n) is 5.16. The highest BCUT2D eigenvalue weighted by atomic mass is 19.1. The first-order chi connectivity index (χ1) is 14.1. The van der Waals surface area contributed by atoms with E-state index in [2.05, 4.69) is 0 Å². The van der Waals surface area contributed by atoms with Gasteiger partial charge >= 0.3 is 0 Å². The highest BCUT2D eigenvalue weighted by Crippen LogP contribution is 2.36. The maximum atomic E-state index is 13.8. The number of carbonyl (C=O) groups is 2. The monoisotopic (exact) mass is 394 g/mol. The number of imide groups is 1. The van der Waals surface area contributed by atoms with E-state index in [1.807, 2.05) is 24.0 Å². The molecule has 150 valence electrons. The van der Waals surface area contributed by atoms with E-state index in [1.165, 1.54) is 18.2 Å². The van der Waals surface area contributed by atoms with Gasteiger partial charge in [0.25, 0.3) is 11.8 Å². The van der Waals surface area contributed by atoms with Crippen LogP contribution in [0.3, 0.4) is 0 Å². The Balaban J connectivity index is 1.75. The molecule has 2 aromatic carbocycles. The van der Waals surface area contributed by atoms with Gasteiger partial charge in [0.1, 0.15) is 17.3 Å². The van der Waals surface area contributed by atoms with E-state index in [9.17, 15) is 14.0 Å². The van der Waals surface area contributed by atoms with Gasteiger partial charge in [0, 0.05) is 13.1 Å². The number of benzene rings is 2. The van der Waals surface area contributed by atoms with Gasteiger partial charge in [-0.25, -0.2) is 9.29 Å². The summed E-state index contributed by atoms with van der Waals surface area (Å²) in [6, 6.07) is 12.8. The van der Waals surface area contributed by atoms with Gasteiger partial charge in [-0.2, -0.15) is 0 Å². The third-order valence-corrected chi connectivity index (χ3v) is 5.16. The van der Waals surface area contributed by atoms with Crippen LogP contribution in [0.15, 0.2) is 54.2 Å². The molecule has 0 spiro atoms. The van der Waals surface area contributed by atoms with E-state index < -0.39 is 17.6 Å². The highest BCUT2D eigenvalue weighted by molar-refractivity contribution is 6.45. The van der Waals surface area contributed by atoms with Gasteiger partial charge in [0.15, 0.2) is 0 Å². The lowest BCUT2D eigenvalue weighted by Crippen LogP contribution is -2.34. The van der Waals surface area contributed by atoms with Crippen LogP contribution in [-0.4, -0.2) is 36.4 Å². The first-order valence-corrected chi connectivity index (χ1v) is 9.97. The van der Waals surface area contributed by atoms with Crippen LogP contribution in [0.2, 0.25) is 0 Å². The number of likely N-dealkylation sites (tertiary alicyclic amines) is 1. The molecule has 29 heavy (non-hydrogen) atoms. The van der Waals surface area contributed by atoms with Crippen LogP contribution in [0.25, 0.3) is 5.57 Å². The van der Waals surface area contributed by atoms with Crippen LogP contribution in [-0.2, 0) is 9.59 Å². The Morgan fingerprint density at radius 3 is 2.38 bits per heavy atom. The standard InChI is InChI=1S/C23H23FN2O3/c1-2-14-29-19-10-8-16(9-11-19)20-21(25-12-3-4-13-25)23(28)26(22(20)27)18-7-5-6-17(24)15-18/h5-11,15H,2-4,12-14H2,1H3. The van der Waals surface area contributed by atoms with Crippen LogP contribution >= 0.6 is 0 Å². The fourth-order valence-electron chi connectivity index (χ4n) is 3.80. The Morgan fingerprint density at radius 1 is 1.00 bits per heavy atom. The van der Waals surface area contributed by atoms with Crippen molar-refractivity contribution >= 4 is 23.1 Å². The second-order valence-electron chi connectivity index (χ2n) is 7.22. The number of carbonyl (C=O) groups excluding carboxylic acids is 2. The molecule has 6 heteroatoms. The van der Waals surface area contributed by atoms with Crippen molar-refractivity contribution in [3.63, 3.8) is 0 Å². The second-order valence-corrected chi connectivity index (χ2v) is 7.22. The lowest BCUT2D eigenvalue weighted by molar-refractivity contribution is -0.120. The summed E-state index contributed by atoms with van der Waals surface area (Å²) in [4.78, 5) is 29.6. The average molecular weight is 394 g/mol. The topological polar surface area (TPSA) is 49.9 Å². The minimum atomic E-state index is -0.489. The predicted molar refractivity (Wildman–Crippen MR) is 109 cm³/mol. The van der Waals surface area contributed by atoms with Crippen LogP contribution in [0.1, 0.15) is 31.7 Å². The number of nitrogens with zero attached hydrogens (tertiary/aromatic N) is 2. The Kier molecular flexibility index (Phi) is 5.34. The lowest BCUT2D eigenvalue weighted by Gasteiger charge is -2.20. The molecule has 2 aromatic rings. The SMILES string of the molecule is CCCOc1ccc(C2=C(N3CCCC3)C(=O)N(c3cccc(F)c3)C2=O)cc1. The number of amides is 2. The van der Waals surface area contributed by atoms with E-state index in [1.54, 1.807) is 18.2 Å². The zero-order valence-electron chi connectivity index (χ0n) is 16.4. The molecule has 0 saturated carbocycles. The van der Waals surface area contributed by atoms with Crippen molar-refractivity contribution in [3.8, 4) is 5.75 Å². The van der Waals surface area contributed by atoms with Crippen molar-refractivity contribution in [3.05, 3.63) is 65.6 Å². The molecule has 1 fully saturated rings. The first-order valence-electron chi connectivity index (χ1n) is 9.97. The number of rotatable bonds is 6. The summed E-state index contributed by atoms with van der Waals surface area (Å²) in [5.74, 6) is -0.595. The van der Waals surface area contributed by atoms with Gasteiger partial charge in [0.2, 0.25) is 0 Å². The maximum Gasteiger partial charge on any atom is 0.282 e. The fourth-order valence-corrected chi connectivity index (χ4v) is 3.80. The Labute approximate surface area is 169 Å². The number of ether oxygens (including phenoxy) is 1. The molecule has 0 aliphatic carbocycles. The Bertz CT molecular complexity index is 962. The Morgan fingerprint density at radius 2 is 1.72 bits per heavy atom. The predicted octanol–water partition coefficient (Wildman–Crippen LogP) is 3.99. The normalized spacial score (nSPS) is 16.9. The number of halogens is 1. The van der Waals surface area contributed by atoms with E-state index in [4.69, 9.17) is 4.74 Å². The van der Waals surface area contributed by atoms with E-state index in [0.29, 0.717) is 23.4 Å². The molecule has 0 N–H and O–H groups in total. The molecular formula is C23H23FN2O3. The number of anilines is 1. The second kappa shape index (κ2) is 8.07. The molecule has 0 radical (unpaired) electrons. The Hall–Kier alpha value is -3.15. The molecule has 2 heterocycles. The van der Waals surface area contributed by atoms with Crippen LogP contribution in [0.4, 0.5) is 10.1 Å². The zero-order valence-corrected chi connectivity index (χ0v) is 16.4. The molecule has 5 nitrogen and oxygen atoms in total. The van der Waals surface area contributed by atoms with E-state index in [-0.39, 0.29) is 5.69 Å². The van der Waals surface area contributed by atoms with Gasteiger partial charge < -0.3 is 9.64 Å².